The maximum Gasteiger partial charge on any atom is 0.240 e. The third-order valence-electron chi connectivity index (χ3n) is 3.42. The van der Waals surface area contributed by atoms with Crippen LogP contribution in [0, 0.1) is 5.82 Å². The number of hydrogen-bond donors (Lipinski definition) is 1. The summed E-state index contributed by atoms with van der Waals surface area (Å²) in [6, 6.07) is 8.27. The molecule has 2 heterocycles. The van der Waals surface area contributed by atoms with Crippen molar-refractivity contribution in [2.75, 3.05) is 0 Å². The molecule has 124 valence electrons. The van der Waals surface area contributed by atoms with Crippen molar-refractivity contribution in [2.45, 2.75) is 11.4 Å². The Balaban J connectivity index is 1.69. The van der Waals surface area contributed by atoms with Gasteiger partial charge in [-0.2, -0.15) is 5.10 Å². The van der Waals surface area contributed by atoms with Gasteiger partial charge < -0.3 is 0 Å². The molecule has 0 fully saturated rings. The van der Waals surface area contributed by atoms with Crippen molar-refractivity contribution in [3.63, 3.8) is 0 Å². The van der Waals surface area contributed by atoms with Crippen LogP contribution < -0.4 is 4.72 Å². The Morgan fingerprint density at radius 3 is 2.46 bits per heavy atom. The number of aromatic nitrogens is 3. The van der Waals surface area contributed by atoms with E-state index in [2.05, 4.69) is 14.8 Å². The third kappa shape index (κ3) is 3.66. The van der Waals surface area contributed by atoms with Crippen LogP contribution in [0.25, 0.3) is 11.3 Å². The Kier molecular flexibility index (Phi) is 4.41. The molecule has 3 aromatic rings. The first-order valence-electron chi connectivity index (χ1n) is 7.13. The lowest BCUT2D eigenvalue weighted by molar-refractivity contribution is 0.580. The Morgan fingerprint density at radius 1 is 1.12 bits per heavy atom. The predicted octanol–water partition coefficient (Wildman–Crippen LogP) is 2.10. The summed E-state index contributed by atoms with van der Waals surface area (Å²) in [6.45, 7) is 0.0973. The average molecular weight is 346 g/mol. The molecule has 0 spiro atoms. The minimum Gasteiger partial charge on any atom is -0.275 e. The topological polar surface area (TPSA) is 76.9 Å². The van der Waals surface area contributed by atoms with Gasteiger partial charge in [0.1, 0.15) is 5.82 Å². The number of benzene rings is 1. The molecule has 0 bridgehead atoms. The van der Waals surface area contributed by atoms with E-state index in [0.717, 1.165) is 23.4 Å². The molecule has 0 aliphatic rings. The number of aryl methyl sites for hydroxylation is 1. The van der Waals surface area contributed by atoms with Crippen LogP contribution >= 0.6 is 0 Å². The van der Waals surface area contributed by atoms with Gasteiger partial charge >= 0.3 is 0 Å². The molecule has 1 aromatic carbocycles. The zero-order chi connectivity index (χ0) is 17.2. The number of pyridine rings is 1. The zero-order valence-corrected chi connectivity index (χ0v) is 13.7. The van der Waals surface area contributed by atoms with Crippen LogP contribution in [0.1, 0.15) is 5.56 Å². The largest absolute Gasteiger partial charge is 0.275 e. The van der Waals surface area contributed by atoms with Crippen molar-refractivity contribution in [3.8, 4) is 11.3 Å². The smallest absolute Gasteiger partial charge is 0.240 e. The van der Waals surface area contributed by atoms with Gasteiger partial charge in [0.2, 0.25) is 10.0 Å². The van der Waals surface area contributed by atoms with E-state index in [1.807, 2.05) is 13.2 Å². The van der Waals surface area contributed by atoms with Gasteiger partial charge in [-0.3, -0.25) is 9.67 Å². The van der Waals surface area contributed by atoms with Gasteiger partial charge in [0.25, 0.3) is 0 Å². The first-order valence-corrected chi connectivity index (χ1v) is 8.61. The number of halogens is 1. The van der Waals surface area contributed by atoms with Crippen LogP contribution in [-0.4, -0.2) is 23.2 Å². The first kappa shape index (κ1) is 16.3. The quantitative estimate of drug-likeness (QED) is 0.767. The predicted molar refractivity (Wildman–Crippen MR) is 86.9 cm³/mol. The minimum atomic E-state index is -3.69. The molecule has 0 amide bonds. The van der Waals surface area contributed by atoms with Crippen molar-refractivity contribution < 1.29 is 12.8 Å². The number of hydrogen-bond acceptors (Lipinski definition) is 4. The second-order valence-corrected chi connectivity index (χ2v) is 7.00. The molecule has 0 saturated carbocycles. The second-order valence-electron chi connectivity index (χ2n) is 5.23. The lowest BCUT2D eigenvalue weighted by Crippen LogP contribution is -2.23. The van der Waals surface area contributed by atoms with Gasteiger partial charge in [0.15, 0.2) is 0 Å². The van der Waals surface area contributed by atoms with Crippen LogP contribution in [0.15, 0.2) is 59.9 Å². The third-order valence-corrected chi connectivity index (χ3v) is 4.83. The molecule has 1 N–H and O–H groups in total. The summed E-state index contributed by atoms with van der Waals surface area (Å²) >= 11 is 0. The maximum absolute atomic E-state index is 12.9. The van der Waals surface area contributed by atoms with Crippen LogP contribution in [0.5, 0.6) is 0 Å². The van der Waals surface area contributed by atoms with Crippen molar-refractivity contribution >= 4 is 10.0 Å². The minimum absolute atomic E-state index is 0.0174. The molecule has 0 radical (unpaired) electrons. The van der Waals surface area contributed by atoms with Crippen molar-refractivity contribution in [2.24, 2.45) is 7.05 Å². The standard InChI is InChI=1S/C16H15FN4O2S/c1-21-11-13(10-19-21)16-7-2-12(8-18-16)9-20-24(22,23)15-5-3-14(17)4-6-15/h2-8,10-11,20H,9H2,1H3. The molecular weight excluding hydrogens is 331 g/mol. The maximum atomic E-state index is 12.9. The van der Waals surface area contributed by atoms with E-state index < -0.39 is 15.8 Å². The summed E-state index contributed by atoms with van der Waals surface area (Å²) in [5.74, 6) is -0.482. The number of sulfonamides is 1. The Bertz CT molecular complexity index is 935. The zero-order valence-electron chi connectivity index (χ0n) is 12.8. The van der Waals surface area contributed by atoms with E-state index in [9.17, 15) is 12.8 Å². The van der Waals surface area contributed by atoms with Crippen LogP contribution in [0.3, 0.4) is 0 Å². The van der Waals surface area contributed by atoms with E-state index >= 15 is 0 Å². The highest BCUT2D eigenvalue weighted by Gasteiger charge is 2.13. The van der Waals surface area contributed by atoms with E-state index in [4.69, 9.17) is 0 Å². The SMILES string of the molecule is Cn1cc(-c2ccc(CNS(=O)(=O)c3ccc(F)cc3)cn2)cn1. The normalized spacial score (nSPS) is 11.6. The fraction of sp³-hybridized carbons (Fsp3) is 0.125. The highest BCUT2D eigenvalue weighted by molar-refractivity contribution is 7.89. The number of nitrogens with one attached hydrogen (secondary N) is 1. The van der Waals surface area contributed by atoms with Crippen molar-refractivity contribution in [1.82, 2.24) is 19.5 Å². The van der Waals surface area contributed by atoms with Crippen molar-refractivity contribution in [3.05, 3.63) is 66.4 Å². The number of nitrogens with zero attached hydrogens (tertiary/aromatic N) is 3. The summed E-state index contributed by atoms with van der Waals surface area (Å²) in [5.41, 5.74) is 2.36. The Hall–Kier alpha value is -2.58. The van der Waals surface area contributed by atoms with E-state index in [1.165, 1.54) is 12.1 Å². The molecule has 2 aromatic heterocycles. The van der Waals surface area contributed by atoms with E-state index in [1.54, 1.807) is 29.2 Å². The Labute approximate surface area is 139 Å². The summed E-state index contributed by atoms with van der Waals surface area (Å²) in [4.78, 5) is 4.33. The van der Waals surface area contributed by atoms with Gasteiger partial charge in [-0.1, -0.05) is 6.07 Å². The molecular formula is C16H15FN4O2S. The molecule has 6 nitrogen and oxygen atoms in total. The van der Waals surface area contributed by atoms with Gasteiger partial charge in [-0.15, -0.1) is 0 Å². The van der Waals surface area contributed by atoms with Crippen molar-refractivity contribution in [1.29, 1.82) is 0 Å². The molecule has 0 saturated heterocycles. The molecule has 0 unspecified atom stereocenters. The van der Waals surface area contributed by atoms with Gasteiger partial charge in [0, 0.05) is 31.5 Å². The van der Waals surface area contributed by atoms with Gasteiger partial charge in [0.05, 0.1) is 16.8 Å². The molecule has 3 rings (SSSR count). The Morgan fingerprint density at radius 2 is 1.88 bits per heavy atom. The molecule has 0 aliphatic heterocycles. The highest BCUT2D eigenvalue weighted by atomic mass is 32.2. The lowest BCUT2D eigenvalue weighted by atomic mass is 10.2. The monoisotopic (exact) mass is 346 g/mol. The average Bonchev–Trinajstić information content (AvgIpc) is 3.00. The lowest BCUT2D eigenvalue weighted by Gasteiger charge is -2.07. The summed E-state index contributed by atoms with van der Waals surface area (Å²) < 4.78 is 41.3. The van der Waals surface area contributed by atoms with E-state index in [0.29, 0.717) is 5.56 Å². The van der Waals surface area contributed by atoms with Gasteiger partial charge in [-0.05, 0) is 35.9 Å². The molecule has 0 atom stereocenters. The second kappa shape index (κ2) is 6.50. The molecule has 0 aliphatic carbocycles. The van der Waals surface area contributed by atoms with E-state index in [-0.39, 0.29) is 11.4 Å². The first-order chi connectivity index (χ1) is 11.4. The fourth-order valence-electron chi connectivity index (χ4n) is 2.13. The van der Waals surface area contributed by atoms with Crippen LogP contribution in [0.4, 0.5) is 4.39 Å². The summed E-state index contributed by atoms with van der Waals surface area (Å²) in [7, 11) is -1.87. The fourth-order valence-corrected chi connectivity index (χ4v) is 3.15. The summed E-state index contributed by atoms with van der Waals surface area (Å²) in [5, 5.41) is 4.08. The highest BCUT2D eigenvalue weighted by Crippen LogP contribution is 2.16. The van der Waals surface area contributed by atoms with Crippen LogP contribution in [0.2, 0.25) is 0 Å². The molecule has 8 heteroatoms. The van der Waals surface area contributed by atoms with Gasteiger partial charge in [-0.25, -0.2) is 17.5 Å². The van der Waals surface area contributed by atoms with Crippen LogP contribution in [-0.2, 0) is 23.6 Å². The number of rotatable bonds is 5. The summed E-state index contributed by atoms with van der Waals surface area (Å²) in [6.07, 6.45) is 5.16. The molecule has 24 heavy (non-hydrogen) atoms.